The molecule has 0 radical (unpaired) electrons. The monoisotopic (exact) mass is 350 g/mol. The molecule has 1 aromatic carbocycles. The lowest BCUT2D eigenvalue weighted by atomic mass is 9.93. The molecule has 6 nitrogen and oxygen atoms in total. The third-order valence-corrected chi connectivity index (χ3v) is 5.21. The van der Waals surface area contributed by atoms with E-state index in [4.69, 9.17) is 0 Å². The number of nitrogens with one attached hydrogen (secondary N) is 1. The number of carboxylic acid groups (broad SMARTS) is 1. The third kappa shape index (κ3) is 4.29. The van der Waals surface area contributed by atoms with Gasteiger partial charge >= 0.3 is 5.97 Å². The van der Waals surface area contributed by atoms with Gasteiger partial charge in [-0.1, -0.05) is 18.2 Å². The number of rotatable bonds is 6. The van der Waals surface area contributed by atoms with Crippen LogP contribution in [-0.2, 0) is 14.4 Å². The van der Waals surface area contributed by atoms with Gasteiger partial charge < -0.3 is 15.3 Å². The highest BCUT2D eigenvalue weighted by Crippen LogP contribution is 2.38. The quantitative estimate of drug-likeness (QED) is 0.815. The number of carbonyl (C=O) groups excluding carboxylic acids is 2. The Hall–Kier alpha value is -2.02. The van der Waals surface area contributed by atoms with Crippen molar-refractivity contribution in [2.24, 2.45) is 0 Å². The van der Waals surface area contributed by atoms with Crippen molar-refractivity contribution in [3.05, 3.63) is 29.8 Å². The van der Waals surface area contributed by atoms with Crippen molar-refractivity contribution in [3.63, 3.8) is 0 Å². The summed E-state index contributed by atoms with van der Waals surface area (Å²) in [5, 5.41) is 11.9. The van der Waals surface area contributed by atoms with Gasteiger partial charge in [0, 0.05) is 24.9 Å². The Balaban J connectivity index is 2.21. The zero-order valence-electron chi connectivity index (χ0n) is 13.8. The number of nitrogens with zero attached hydrogens (tertiary/aromatic N) is 1. The summed E-state index contributed by atoms with van der Waals surface area (Å²) in [5.41, 5.74) is 0.959. The Kier molecular flexibility index (Phi) is 6.25. The topological polar surface area (TPSA) is 86.7 Å². The summed E-state index contributed by atoms with van der Waals surface area (Å²) in [6, 6.07) is 6.82. The second kappa shape index (κ2) is 8.19. The van der Waals surface area contributed by atoms with Gasteiger partial charge in [0.05, 0.1) is 5.92 Å². The Labute approximate surface area is 145 Å². The highest BCUT2D eigenvalue weighted by molar-refractivity contribution is 7.99. The van der Waals surface area contributed by atoms with E-state index in [1.807, 2.05) is 24.3 Å². The fraction of sp³-hybridized carbons (Fsp3) is 0.471. The fourth-order valence-corrected chi connectivity index (χ4v) is 3.90. The summed E-state index contributed by atoms with van der Waals surface area (Å²) in [7, 11) is 0. The summed E-state index contributed by atoms with van der Waals surface area (Å²) in [4.78, 5) is 37.9. The third-order valence-electron chi connectivity index (χ3n) is 4.09. The highest BCUT2D eigenvalue weighted by atomic mass is 32.2. The molecule has 0 saturated carbocycles. The number of aliphatic carboxylic acids is 1. The van der Waals surface area contributed by atoms with Crippen molar-refractivity contribution >= 4 is 29.5 Å². The molecule has 0 fully saturated rings. The molecule has 0 aliphatic carbocycles. The lowest BCUT2D eigenvalue weighted by Gasteiger charge is -2.33. The molecule has 0 saturated heterocycles. The molecule has 1 heterocycles. The van der Waals surface area contributed by atoms with Crippen LogP contribution in [0.2, 0.25) is 0 Å². The highest BCUT2D eigenvalue weighted by Gasteiger charge is 2.34. The normalized spacial score (nSPS) is 17.5. The molecule has 24 heavy (non-hydrogen) atoms. The first-order valence-electron chi connectivity index (χ1n) is 7.91. The molecule has 0 aromatic heterocycles. The van der Waals surface area contributed by atoms with E-state index in [1.54, 1.807) is 11.8 Å². The van der Waals surface area contributed by atoms with E-state index < -0.39 is 12.0 Å². The first-order valence-corrected chi connectivity index (χ1v) is 8.89. The average molecular weight is 350 g/mol. The van der Waals surface area contributed by atoms with Gasteiger partial charge in [-0.25, -0.2) is 4.79 Å². The molecular formula is C17H22N2O4S. The molecule has 130 valence electrons. The summed E-state index contributed by atoms with van der Waals surface area (Å²) in [6.07, 6.45) is 0.684. The van der Waals surface area contributed by atoms with Gasteiger partial charge in [0.25, 0.3) is 0 Å². The number of benzene rings is 1. The number of fused-ring (bicyclic) bond motifs is 1. The predicted octanol–water partition coefficient (Wildman–Crippen LogP) is 1.70. The molecule has 1 aromatic rings. The van der Waals surface area contributed by atoms with E-state index in [1.165, 1.54) is 18.7 Å². The minimum absolute atomic E-state index is 0.178. The number of hydrogen-bond donors (Lipinski definition) is 2. The maximum Gasteiger partial charge on any atom is 0.326 e. The van der Waals surface area contributed by atoms with E-state index in [-0.39, 0.29) is 30.8 Å². The molecule has 0 bridgehead atoms. The minimum atomic E-state index is -1.05. The first-order chi connectivity index (χ1) is 11.4. The van der Waals surface area contributed by atoms with E-state index in [9.17, 15) is 19.5 Å². The first kappa shape index (κ1) is 18.3. The Morgan fingerprint density at radius 2 is 2.08 bits per heavy atom. The lowest BCUT2D eigenvalue weighted by Crippen LogP contribution is -2.48. The number of carbonyl (C=O) groups is 3. The zero-order valence-corrected chi connectivity index (χ0v) is 14.6. The maximum atomic E-state index is 13.0. The Morgan fingerprint density at radius 1 is 1.38 bits per heavy atom. The van der Waals surface area contributed by atoms with Crippen LogP contribution in [0.5, 0.6) is 0 Å². The van der Waals surface area contributed by atoms with Crippen LogP contribution in [-0.4, -0.2) is 52.7 Å². The van der Waals surface area contributed by atoms with Crippen molar-refractivity contribution < 1.29 is 19.5 Å². The van der Waals surface area contributed by atoms with Crippen LogP contribution in [0, 0.1) is 0 Å². The Morgan fingerprint density at radius 3 is 2.75 bits per heavy atom. The summed E-state index contributed by atoms with van der Waals surface area (Å²) >= 11 is 1.71. The predicted molar refractivity (Wildman–Crippen MR) is 92.0 cm³/mol. The fourth-order valence-electron chi connectivity index (χ4n) is 2.78. The van der Waals surface area contributed by atoms with E-state index in [0.717, 1.165) is 16.2 Å². The lowest BCUT2D eigenvalue weighted by molar-refractivity contribution is -0.150. The minimum Gasteiger partial charge on any atom is -0.480 e. The molecule has 7 heteroatoms. The van der Waals surface area contributed by atoms with Crippen LogP contribution >= 0.6 is 11.8 Å². The van der Waals surface area contributed by atoms with Crippen LogP contribution in [0.3, 0.4) is 0 Å². The standard InChI is InChI=1S/C17H22N2O4S/c1-11(17(22)23)19(9-8-18-12(2)20)16(21)14-7-10-24-15-6-4-3-5-13(14)15/h3-6,11,14H,7-10H2,1-2H3,(H,18,20)(H,22,23). The van der Waals surface area contributed by atoms with Gasteiger partial charge in [0.15, 0.2) is 0 Å². The van der Waals surface area contributed by atoms with Gasteiger partial charge in [0.1, 0.15) is 6.04 Å². The van der Waals surface area contributed by atoms with Crippen LogP contribution in [0.25, 0.3) is 0 Å². The van der Waals surface area contributed by atoms with Gasteiger partial charge in [0.2, 0.25) is 11.8 Å². The molecule has 2 unspecified atom stereocenters. The van der Waals surface area contributed by atoms with Gasteiger partial charge in [-0.3, -0.25) is 9.59 Å². The second-order valence-corrected chi connectivity index (χ2v) is 6.89. The smallest absolute Gasteiger partial charge is 0.326 e. The van der Waals surface area contributed by atoms with Crippen LogP contribution in [0.1, 0.15) is 31.7 Å². The number of hydrogen-bond acceptors (Lipinski definition) is 4. The average Bonchev–Trinajstić information content (AvgIpc) is 2.56. The van der Waals surface area contributed by atoms with Gasteiger partial charge in [-0.15, -0.1) is 11.8 Å². The molecule has 1 aliphatic heterocycles. The molecule has 1 aliphatic rings. The molecule has 0 spiro atoms. The van der Waals surface area contributed by atoms with Crippen LogP contribution < -0.4 is 5.32 Å². The van der Waals surface area contributed by atoms with E-state index in [2.05, 4.69) is 5.32 Å². The van der Waals surface area contributed by atoms with E-state index in [0.29, 0.717) is 6.42 Å². The van der Waals surface area contributed by atoms with Gasteiger partial charge in [-0.05, 0) is 30.7 Å². The molecule has 2 N–H and O–H groups in total. The Bertz CT molecular complexity index is 635. The summed E-state index contributed by atoms with van der Waals surface area (Å²) in [5.74, 6) is -0.951. The summed E-state index contributed by atoms with van der Waals surface area (Å²) in [6.45, 7) is 3.30. The van der Waals surface area contributed by atoms with E-state index >= 15 is 0 Å². The van der Waals surface area contributed by atoms with Gasteiger partial charge in [-0.2, -0.15) is 0 Å². The maximum absolute atomic E-state index is 13.0. The number of thioether (sulfide) groups is 1. The van der Waals surface area contributed by atoms with Crippen molar-refractivity contribution in [1.82, 2.24) is 10.2 Å². The molecule has 2 rings (SSSR count). The van der Waals surface area contributed by atoms with Crippen molar-refractivity contribution in [2.75, 3.05) is 18.8 Å². The van der Waals surface area contributed by atoms with Crippen molar-refractivity contribution in [2.45, 2.75) is 37.1 Å². The number of carboxylic acids is 1. The molecule has 2 atom stereocenters. The van der Waals surface area contributed by atoms with Crippen molar-refractivity contribution in [1.29, 1.82) is 0 Å². The summed E-state index contributed by atoms with van der Waals surface area (Å²) < 4.78 is 0. The SMILES string of the molecule is CC(=O)NCCN(C(=O)C1CCSc2ccccc21)C(C)C(=O)O. The zero-order chi connectivity index (χ0) is 17.7. The van der Waals surface area contributed by atoms with Crippen molar-refractivity contribution in [3.8, 4) is 0 Å². The largest absolute Gasteiger partial charge is 0.480 e. The molecular weight excluding hydrogens is 328 g/mol. The second-order valence-electron chi connectivity index (χ2n) is 5.76. The van der Waals surface area contributed by atoms with Crippen LogP contribution in [0.4, 0.5) is 0 Å². The number of amides is 2. The van der Waals surface area contributed by atoms with Crippen LogP contribution in [0.15, 0.2) is 29.2 Å². The molecule has 2 amide bonds.